The number of nitrogens with zero attached hydrogens (tertiary/aromatic N) is 1. The molecule has 1 N–H and O–H groups in total. The van der Waals surface area contributed by atoms with Crippen molar-refractivity contribution < 1.29 is 8.42 Å². The zero-order valence-corrected chi connectivity index (χ0v) is 13.2. The van der Waals surface area contributed by atoms with Gasteiger partial charge in [-0.1, -0.05) is 32.1 Å². The van der Waals surface area contributed by atoms with Crippen LogP contribution in [0.15, 0.2) is 23.1 Å². The molecule has 4 nitrogen and oxygen atoms in total. The molecular formula is C16H22N2O2S. The van der Waals surface area contributed by atoms with Crippen LogP contribution in [0.2, 0.25) is 0 Å². The van der Waals surface area contributed by atoms with Crippen LogP contribution in [0.1, 0.15) is 56.1 Å². The quantitative estimate of drug-likeness (QED) is 0.931. The average Bonchev–Trinajstić information content (AvgIpc) is 2.41. The standard InChI is InChI=1S/C16H22N2O2S/c1-13-11-16(10-9-14(13)12-17)21(19,20)18-15-7-5-3-2-4-6-8-15/h9-11,15,18H,2-8H2,1H3. The number of benzene rings is 1. The summed E-state index contributed by atoms with van der Waals surface area (Å²) in [6, 6.07) is 6.74. The van der Waals surface area contributed by atoms with Gasteiger partial charge in [0.15, 0.2) is 0 Å². The predicted octanol–water partition coefficient (Wildman–Crippen LogP) is 3.26. The van der Waals surface area contributed by atoms with E-state index in [2.05, 4.69) is 10.8 Å². The maximum absolute atomic E-state index is 12.5. The van der Waals surface area contributed by atoms with Crippen LogP contribution in [0.4, 0.5) is 0 Å². The first-order chi connectivity index (χ1) is 10.0. The number of sulfonamides is 1. The van der Waals surface area contributed by atoms with Crippen molar-refractivity contribution in [1.29, 1.82) is 5.26 Å². The Morgan fingerprint density at radius 1 is 1.14 bits per heavy atom. The number of hydrogen-bond acceptors (Lipinski definition) is 3. The molecule has 0 aliphatic heterocycles. The van der Waals surface area contributed by atoms with Crippen LogP contribution in [0.3, 0.4) is 0 Å². The molecule has 0 heterocycles. The summed E-state index contributed by atoms with van der Waals surface area (Å²) in [4.78, 5) is 0.251. The van der Waals surface area contributed by atoms with E-state index in [0.29, 0.717) is 11.1 Å². The maximum Gasteiger partial charge on any atom is 0.240 e. The monoisotopic (exact) mass is 306 g/mol. The van der Waals surface area contributed by atoms with Gasteiger partial charge in [-0.2, -0.15) is 5.26 Å². The lowest BCUT2D eigenvalue weighted by molar-refractivity contribution is 0.426. The van der Waals surface area contributed by atoms with Crippen LogP contribution in [-0.4, -0.2) is 14.5 Å². The third-order valence-electron chi connectivity index (χ3n) is 4.06. The Kier molecular flexibility index (Phi) is 5.38. The minimum absolute atomic E-state index is 0.0336. The van der Waals surface area contributed by atoms with Gasteiger partial charge in [0.05, 0.1) is 16.5 Å². The zero-order valence-electron chi connectivity index (χ0n) is 12.4. The Hall–Kier alpha value is -1.38. The molecule has 1 fully saturated rings. The Morgan fingerprint density at radius 2 is 1.76 bits per heavy atom. The molecule has 1 saturated carbocycles. The lowest BCUT2D eigenvalue weighted by Crippen LogP contribution is -2.35. The van der Waals surface area contributed by atoms with Crippen LogP contribution in [0.5, 0.6) is 0 Å². The molecule has 0 saturated heterocycles. The van der Waals surface area contributed by atoms with Gasteiger partial charge >= 0.3 is 0 Å². The molecule has 0 aromatic heterocycles. The van der Waals surface area contributed by atoms with Gasteiger partial charge in [0.1, 0.15) is 0 Å². The molecule has 114 valence electrons. The fourth-order valence-electron chi connectivity index (χ4n) is 2.79. The van der Waals surface area contributed by atoms with Gasteiger partial charge in [-0.25, -0.2) is 13.1 Å². The molecular weight excluding hydrogens is 284 g/mol. The van der Waals surface area contributed by atoms with Gasteiger partial charge in [0.2, 0.25) is 10.0 Å². The first kappa shape index (κ1) is 16.0. The lowest BCUT2D eigenvalue weighted by atomic mass is 9.97. The Labute approximate surface area is 127 Å². The van der Waals surface area contributed by atoms with Crippen molar-refractivity contribution in [2.75, 3.05) is 0 Å². The molecule has 0 radical (unpaired) electrons. The summed E-state index contributed by atoms with van der Waals surface area (Å²) < 4.78 is 27.7. The third-order valence-corrected chi connectivity index (χ3v) is 5.57. The molecule has 0 atom stereocenters. The van der Waals surface area contributed by atoms with E-state index in [1.165, 1.54) is 25.3 Å². The van der Waals surface area contributed by atoms with E-state index in [-0.39, 0.29) is 10.9 Å². The molecule has 5 heteroatoms. The van der Waals surface area contributed by atoms with E-state index < -0.39 is 10.0 Å². The minimum atomic E-state index is -3.49. The van der Waals surface area contributed by atoms with Crippen LogP contribution in [-0.2, 0) is 10.0 Å². The van der Waals surface area contributed by atoms with E-state index in [9.17, 15) is 8.42 Å². The summed E-state index contributed by atoms with van der Waals surface area (Å²) in [5.74, 6) is 0. The summed E-state index contributed by atoms with van der Waals surface area (Å²) in [6.07, 6.45) is 7.62. The predicted molar refractivity (Wildman–Crippen MR) is 82.3 cm³/mol. The Balaban J connectivity index is 2.13. The topological polar surface area (TPSA) is 70.0 Å². The summed E-state index contributed by atoms with van der Waals surface area (Å²) in [7, 11) is -3.49. The highest BCUT2D eigenvalue weighted by Crippen LogP contribution is 2.20. The second kappa shape index (κ2) is 7.06. The Morgan fingerprint density at radius 3 is 2.33 bits per heavy atom. The summed E-state index contributed by atoms with van der Waals surface area (Å²) in [6.45, 7) is 1.76. The largest absolute Gasteiger partial charge is 0.240 e. The number of nitrogens with one attached hydrogen (secondary N) is 1. The second-order valence-corrected chi connectivity index (χ2v) is 7.47. The van der Waals surface area contributed by atoms with E-state index in [1.54, 1.807) is 19.1 Å². The SMILES string of the molecule is Cc1cc(S(=O)(=O)NC2CCCCCCC2)ccc1C#N. The van der Waals surface area contributed by atoms with E-state index in [1.807, 2.05) is 0 Å². The molecule has 0 spiro atoms. The van der Waals surface area contributed by atoms with Gasteiger partial charge in [0, 0.05) is 6.04 Å². The molecule has 0 unspecified atom stereocenters. The van der Waals surface area contributed by atoms with Crippen molar-refractivity contribution in [1.82, 2.24) is 4.72 Å². The Bertz CT molecular complexity index is 624. The molecule has 0 amide bonds. The third kappa shape index (κ3) is 4.29. The van der Waals surface area contributed by atoms with Crippen molar-refractivity contribution in [3.63, 3.8) is 0 Å². The molecule has 1 aromatic rings. The number of aryl methyl sites for hydroxylation is 1. The normalized spacial score (nSPS) is 17.7. The van der Waals surface area contributed by atoms with E-state index in [0.717, 1.165) is 25.7 Å². The van der Waals surface area contributed by atoms with Crippen LogP contribution in [0, 0.1) is 18.3 Å². The summed E-state index contributed by atoms with van der Waals surface area (Å²) >= 11 is 0. The first-order valence-electron chi connectivity index (χ1n) is 7.56. The lowest BCUT2D eigenvalue weighted by Gasteiger charge is -2.21. The fourth-order valence-corrected chi connectivity index (χ4v) is 4.18. The summed E-state index contributed by atoms with van der Waals surface area (Å²) in [5, 5.41) is 8.92. The first-order valence-corrected chi connectivity index (χ1v) is 9.04. The van der Waals surface area contributed by atoms with E-state index >= 15 is 0 Å². The van der Waals surface area contributed by atoms with Gasteiger partial charge < -0.3 is 0 Å². The zero-order chi connectivity index (χ0) is 15.3. The average molecular weight is 306 g/mol. The minimum Gasteiger partial charge on any atom is -0.208 e. The van der Waals surface area contributed by atoms with Gasteiger partial charge in [-0.3, -0.25) is 0 Å². The molecule has 0 bridgehead atoms. The smallest absolute Gasteiger partial charge is 0.208 e. The van der Waals surface area contributed by atoms with Crippen LogP contribution < -0.4 is 4.72 Å². The molecule has 2 rings (SSSR count). The highest BCUT2D eigenvalue weighted by Gasteiger charge is 2.21. The van der Waals surface area contributed by atoms with Crippen molar-refractivity contribution in [3.05, 3.63) is 29.3 Å². The van der Waals surface area contributed by atoms with Crippen molar-refractivity contribution in [2.24, 2.45) is 0 Å². The fraction of sp³-hybridized carbons (Fsp3) is 0.562. The highest BCUT2D eigenvalue weighted by molar-refractivity contribution is 7.89. The van der Waals surface area contributed by atoms with E-state index in [4.69, 9.17) is 5.26 Å². The highest BCUT2D eigenvalue weighted by atomic mass is 32.2. The molecule has 1 aliphatic rings. The van der Waals surface area contributed by atoms with Crippen LogP contribution >= 0.6 is 0 Å². The van der Waals surface area contributed by atoms with Gasteiger partial charge in [-0.05, 0) is 43.5 Å². The van der Waals surface area contributed by atoms with Crippen molar-refractivity contribution >= 4 is 10.0 Å². The molecule has 21 heavy (non-hydrogen) atoms. The number of rotatable bonds is 3. The molecule has 1 aliphatic carbocycles. The van der Waals surface area contributed by atoms with Crippen molar-refractivity contribution in [3.8, 4) is 6.07 Å². The van der Waals surface area contributed by atoms with Gasteiger partial charge in [0.25, 0.3) is 0 Å². The summed E-state index contributed by atoms with van der Waals surface area (Å²) in [5.41, 5.74) is 1.21. The second-order valence-electron chi connectivity index (χ2n) is 5.75. The number of hydrogen-bond donors (Lipinski definition) is 1. The van der Waals surface area contributed by atoms with Crippen molar-refractivity contribution in [2.45, 2.75) is 62.8 Å². The number of nitriles is 1. The van der Waals surface area contributed by atoms with Gasteiger partial charge in [-0.15, -0.1) is 0 Å². The molecule has 1 aromatic carbocycles. The van der Waals surface area contributed by atoms with Crippen LogP contribution in [0.25, 0.3) is 0 Å². The maximum atomic E-state index is 12.5.